The minimum atomic E-state index is -0.124. The molecule has 4 aromatic rings. The fourth-order valence-electron chi connectivity index (χ4n) is 4.31. The lowest BCUT2D eigenvalue weighted by atomic mass is 10.1. The summed E-state index contributed by atoms with van der Waals surface area (Å²) in [6.07, 6.45) is 1.39. The van der Waals surface area contributed by atoms with Crippen molar-refractivity contribution in [2.45, 2.75) is 39.4 Å². The number of amides is 2. The third kappa shape index (κ3) is 5.19. The molecule has 0 atom stereocenters. The normalized spacial score (nSPS) is 12.9. The molecular weight excluding hydrogens is 472 g/mol. The third-order valence-electron chi connectivity index (χ3n) is 6.45. The summed E-state index contributed by atoms with van der Waals surface area (Å²) in [7, 11) is 0. The number of carbonyl (C=O) groups is 2. The summed E-state index contributed by atoms with van der Waals surface area (Å²) in [6, 6.07) is 25.1. The molecule has 6 nitrogen and oxygen atoms in total. The van der Waals surface area contributed by atoms with E-state index in [1.807, 2.05) is 59.3 Å². The van der Waals surface area contributed by atoms with Gasteiger partial charge in [-0.15, -0.1) is 0 Å². The number of halogens is 1. The van der Waals surface area contributed by atoms with Crippen LogP contribution in [0.25, 0.3) is 11.3 Å². The lowest BCUT2D eigenvalue weighted by Gasteiger charge is -2.27. The average Bonchev–Trinajstić information content (AvgIpc) is 3.35. The van der Waals surface area contributed by atoms with Crippen LogP contribution in [-0.4, -0.2) is 21.6 Å². The molecule has 1 aliphatic heterocycles. The number of carbonyl (C=O) groups excluding carboxylic acids is 2. The molecule has 1 N–H and O–H groups in total. The van der Waals surface area contributed by atoms with Gasteiger partial charge < -0.3 is 5.32 Å². The number of anilines is 1. The highest BCUT2D eigenvalue weighted by molar-refractivity contribution is 6.30. The smallest absolute Gasteiger partial charge is 0.251 e. The monoisotopic (exact) mass is 498 g/mol. The first-order chi connectivity index (χ1) is 17.5. The summed E-state index contributed by atoms with van der Waals surface area (Å²) in [5, 5.41) is 8.34. The standard InChI is InChI=1S/C29H27ClN4O2/c1-2-20-3-5-21(6-4-20)18-31-29(36)24-9-7-22(8-10-24)19-33-27-17-26(23-11-13-25(30)14-12-23)32-34(27)16-15-28(33)35/h3-14,17H,2,15-16,18-19H2,1H3,(H,31,36). The number of fused-ring (bicyclic) bond motifs is 1. The Kier molecular flexibility index (Phi) is 6.87. The van der Waals surface area contributed by atoms with E-state index >= 15 is 0 Å². The molecule has 1 aliphatic rings. The van der Waals surface area contributed by atoms with E-state index in [0.29, 0.717) is 36.6 Å². The maximum atomic E-state index is 12.8. The van der Waals surface area contributed by atoms with Gasteiger partial charge in [-0.2, -0.15) is 5.10 Å². The van der Waals surface area contributed by atoms with Crippen LogP contribution in [0.4, 0.5) is 5.82 Å². The van der Waals surface area contributed by atoms with Crippen LogP contribution < -0.4 is 10.2 Å². The number of benzene rings is 3. The number of rotatable bonds is 7. The topological polar surface area (TPSA) is 67.2 Å². The Morgan fingerprint density at radius 1 is 0.944 bits per heavy atom. The van der Waals surface area contributed by atoms with Crippen molar-refractivity contribution in [3.8, 4) is 11.3 Å². The van der Waals surface area contributed by atoms with Gasteiger partial charge >= 0.3 is 0 Å². The summed E-state index contributed by atoms with van der Waals surface area (Å²) >= 11 is 6.02. The Bertz CT molecular complexity index is 1380. The first-order valence-corrected chi connectivity index (χ1v) is 12.5. The zero-order valence-corrected chi connectivity index (χ0v) is 20.8. The van der Waals surface area contributed by atoms with Crippen LogP contribution in [0.2, 0.25) is 5.02 Å². The molecule has 0 aliphatic carbocycles. The number of aromatic nitrogens is 2. The first kappa shape index (κ1) is 23.8. The maximum absolute atomic E-state index is 12.8. The predicted octanol–water partition coefficient (Wildman–Crippen LogP) is 5.63. The molecule has 0 unspecified atom stereocenters. The van der Waals surface area contributed by atoms with E-state index < -0.39 is 0 Å². The van der Waals surface area contributed by atoms with Gasteiger partial charge in [0.05, 0.1) is 18.8 Å². The quantitative estimate of drug-likeness (QED) is 0.359. The van der Waals surface area contributed by atoms with Crippen molar-refractivity contribution in [1.82, 2.24) is 15.1 Å². The molecule has 182 valence electrons. The second-order valence-corrected chi connectivity index (χ2v) is 9.33. The molecule has 2 amide bonds. The zero-order valence-electron chi connectivity index (χ0n) is 20.1. The third-order valence-corrected chi connectivity index (χ3v) is 6.71. The Hall–Kier alpha value is -3.90. The van der Waals surface area contributed by atoms with E-state index in [9.17, 15) is 9.59 Å². The average molecular weight is 499 g/mol. The minimum Gasteiger partial charge on any atom is -0.348 e. The number of aryl methyl sites for hydroxylation is 2. The van der Waals surface area contributed by atoms with E-state index in [2.05, 4.69) is 24.4 Å². The first-order valence-electron chi connectivity index (χ1n) is 12.1. The van der Waals surface area contributed by atoms with Gasteiger partial charge in [-0.05, 0) is 47.4 Å². The Morgan fingerprint density at radius 2 is 1.61 bits per heavy atom. The lowest BCUT2D eigenvalue weighted by Crippen LogP contribution is -2.36. The summed E-state index contributed by atoms with van der Waals surface area (Å²) < 4.78 is 1.88. The van der Waals surface area contributed by atoms with Crippen LogP contribution >= 0.6 is 11.6 Å². The second-order valence-electron chi connectivity index (χ2n) is 8.90. The number of nitrogens with zero attached hydrogens (tertiary/aromatic N) is 3. The largest absolute Gasteiger partial charge is 0.348 e. The molecule has 0 fully saturated rings. The minimum absolute atomic E-state index is 0.0565. The van der Waals surface area contributed by atoms with E-state index in [1.165, 1.54) is 5.56 Å². The Balaban J connectivity index is 1.26. The molecule has 2 heterocycles. The van der Waals surface area contributed by atoms with Crippen LogP contribution in [0.5, 0.6) is 0 Å². The SMILES string of the molecule is CCc1ccc(CNC(=O)c2ccc(CN3C(=O)CCn4nc(-c5ccc(Cl)cc5)cc43)cc2)cc1. The van der Waals surface area contributed by atoms with Crippen LogP contribution in [-0.2, 0) is 30.8 Å². The lowest BCUT2D eigenvalue weighted by molar-refractivity contribution is -0.119. The molecule has 0 spiro atoms. The van der Waals surface area contributed by atoms with E-state index in [-0.39, 0.29) is 11.8 Å². The van der Waals surface area contributed by atoms with Gasteiger partial charge in [-0.3, -0.25) is 14.5 Å². The molecule has 0 saturated heterocycles. The summed E-state index contributed by atoms with van der Waals surface area (Å²) in [6.45, 7) is 3.57. The molecule has 0 bridgehead atoms. The number of hydrogen-bond acceptors (Lipinski definition) is 3. The van der Waals surface area contributed by atoms with Crippen molar-refractivity contribution in [2.75, 3.05) is 4.90 Å². The van der Waals surface area contributed by atoms with Crippen molar-refractivity contribution in [3.05, 3.63) is 106 Å². The van der Waals surface area contributed by atoms with Crippen molar-refractivity contribution >= 4 is 29.2 Å². The van der Waals surface area contributed by atoms with Crippen LogP contribution in [0.15, 0.2) is 78.9 Å². The highest BCUT2D eigenvalue weighted by atomic mass is 35.5. The zero-order chi connectivity index (χ0) is 25.1. The fraction of sp³-hybridized carbons (Fsp3) is 0.207. The Morgan fingerprint density at radius 3 is 2.31 bits per heavy atom. The van der Waals surface area contributed by atoms with Gasteiger partial charge in [-0.25, -0.2) is 4.68 Å². The van der Waals surface area contributed by atoms with E-state index in [4.69, 9.17) is 16.7 Å². The fourth-order valence-corrected chi connectivity index (χ4v) is 4.43. The molecule has 3 aromatic carbocycles. The number of nitrogens with one attached hydrogen (secondary N) is 1. The highest BCUT2D eigenvalue weighted by Gasteiger charge is 2.26. The van der Waals surface area contributed by atoms with Crippen molar-refractivity contribution < 1.29 is 9.59 Å². The maximum Gasteiger partial charge on any atom is 0.251 e. The van der Waals surface area contributed by atoms with Gasteiger partial charge in [0, 0.05) is 35.2 Å². The predicted molar refractivity (Wildman–Crippen MR) is 142 cm³/mol. The van der Waals surface area contributed by atoms with Gasteiger partial charge in [0.25, 0.3) is 5.91 Å². The number of hydrogen-bond donors (Lipinski definition) is 1. The van der Waals surface area contributed by atoms with Gasteiger partial charge in [0.2, 0.25) is 5.91 Å². The molecular formula is C29H27ClN4O2. The van der Waals surface area contributed by atoms with Crippen LogP contribution in [0.3, 0.4) is 0 Å². The van der Waals surface area contributed by atoms with Gasteiger partial charge in [-0.1, -0.05) is 67.1 Å². The summed E-state index contributed by atoms with van der Waals surface area (Å²) in [4.78, 5) is 27.2. The van der Waals surface area contributed by atoms with Crippen LogP contribution in [0.1, 0.15) is 40.4 Å². The highest BCUT2D eigenvalue weighted by Crippen LogP contribution is 2.30. The van der Waals surface area contributed by atoms with Gasteiger partial charge in [0.1, 0.15) is 5.82 Å². The second kappa shape index (κ2) is 10.4. The van der Waals surface area contributed by atoms with Crippen molar-refractivity contribution in [2.24, 2.45) is 0 Å². The van der Waals surface area contributed by atoms with E-state index in [0.717, 1.165) is 34.6 Å². The molecule has 7 heteroatoms. The van der Waals surface area contributed by atoms with Crippen molar-refractivity contribution in [1.29, 1.82) is 0 Å². The molecule has 1 aromatic heterocycles. The van der Waals surface area contributed by atoms with Crippen LogP contribution in [0, 0.1) is 0 Å². The molecule has 5 rings (SSSR count). The van der Waals surface area contributed by atoms with Gasteiger partial charge in [0.15, 0.2) is 0 Å². The van der Waals surface area contributed by atoms with Crippen molar-refractivity contribution in [3.63, 3.8) is 0 Å². The summed E-state index contributed by atoms with van der Waals surface area (Å²) in [5.74, 6) is 0.703. The molecule has 0 saturated carbocycles. The van der Waals surface area contributed by atoms with E-state index in [1.54, 1.807) is 17.0 Å². The molecule has 36 heavy (non-hydrogen) atoms. The molecule has 0 radical (unpaired) electrons. The Labute approximate surface area is 215 Å². The summed E-state index contributed by atoms with van der Waals surface area (Å²) in [5.41, 5.74) is 5.62.